The smallest absolute Gasteiger partial charge is 0.197 e. The Balaban J connectivity index is 1.50. The molecule has 0 bridgehead atoms. The topological polar surface area (TPSA) is 34.1 Å². The fraction of sp³-hybridized carbons (Fsp3) is 0. The zero-order valence-corrected chi connectivity index (χ0v) is 16.3. The summed E-state index contributed by atoms with van der Waals surface area (Å²) >= 11 is 5.15. The first-order chi connectivity index (χ1) is 13.2. The summed E-state index contributed by atoms with van der Waals surface area (Å²) in [6.45, 7) is 0. The Kier molecular flexibility index (Phi) is 3.12. The van der Waals surface area contributed by atoms with E-state index in [-0.39, 0.29) is 17.1 Å². The fourth-order valence-corrected chi connectivity index (χ4v) is 7.36. The van der Waals surface area contributed by atoms with Crippen molar-refractivity contribution in [3.05, 3.63) is 75.5 Å². The van der Waals surface area contributed by atoms with E-state index in [2.05, 4.69) is 17.5 Å². The van der Waals surface area contributed by atoms with Gasteiger partial charge >= 0.3 is 0 Å². The second-order valence-electron chi connectivity index (χ2n) is 6.52. The lowest BCUT2D eigenvalue weighted by Gasteiger charge is -2.00. The lowest BCUT2D eigenvalue weighted by Crippen LogP contribution is -1.99. The molecule has 0 saturated heterocycles. The van der Waals surface area contributed by atoms with Gasteiger partial charge in [0.1, 0.15) is 0 Å². The second-order valence-corrected chi connectivity index (χ2v) is 9.60. The first-order valence-electron chi connectivity index (χ1n) is 8.42. The normalized spacial score (nSPS) is 14.0. The van der Waals surface area contributed by atoms with E-state index in [0.717, 1.165) is 15.6 Å². The van der Waals surface area contributed by atoms with Crippen LogP contribution in [0.25, 0.3) is 35.6 Å². The molecule has 0 atom stereocenters. The van der Waals surface area contributed by atoms with Gasteiger partial charge in [0, 0.05) is 25.4 Å². The number of thiophene rings is 3. The molecular weight excluding hydrogens is 392 g/mol. The lowest BCUT2D eigenvalue weighted by molar-refractivity contribution is 0.0990. The summed E-state index contributed by atoms with van der Waals surface area (Å²) in [4.78, 5) is 26.8. The Morgan fingerprint density at radius 1 is 0.741 bits per heavy atom. The minimum absolute atomic E-state index is 0.168. The lowest BCUT2D eigenvalue weighted by atomic mass is 10.0. The van der Waals surface area contributed by atoms with Crippen LogP contribution in [0.1, 0.15) is 25.6 Å². The molecule has 0 fully saturated rings. The zero-order chi connectivity index (χ0) is 18.1. The van der Waals surface area contributed by atoms with E-state index in [1.807, 2.05) is 36.4 Å². The molecule has 0 saturated carbocycles. The predicted octanol–water partition coefficient (Wildman–Crippen LogP) is 6.79. The Hall–Kier alpha value is -2.60. The minimum atomic E-state index is -0.168. The SMILES string of the molecule is O=C1C(=Cc2cc3sc4ccsc4c3s2)C(=O)c2cc3ccccc3cc21. The van der Waals surface area contributed by atoms with Crippen LogP contribution < -0.4 is 0 Å². The van der Waals surface area contributed by atoms with Crippen molar-refractivity contribution in [2.24, 2.45) is 0 Å². The van der Waals surface area contributed by atoms with Crippen LogP contribution in [0.5, 0.6) is 0 Å². The number of allylic oxidation sites excluding steroid dienone is 1. The van der Waals surface area contributed by atoms with Gasteiger partial charge < -0.3 is 0 Å². The summed E-state index contributed by atoms with van der Waals surface area (Å²) in [7, 11) is 0. The first-order valence-corrected chi connectivity index (χ1v) is 10.9. The maximum absolute atomic E-state index is 12.9. The third kappa shape index (κ3) is 2.16. The van der Waals surface area contributed by atoms with Crippen LogP contribution >= 0.6 is 34.0 Å². The van der Waals surface area contributed by atoms with Crippen molar-refractivity contribution in [2.45, 2.75) is 0 Å². The molecule has 27 heavy (non-hydrogen) atoms. The van der Waals surface area contributed by atoms with Crippen LogP contribution in [-0.4, -0.2) is 11.6 Å². The fourth-order valence-electron chi connectivity index (χ4n) is 3.64. The Labute approximate surface area is 166 Å². The highest BCUT2D eigenvalue weighted by Gasteiger charge is 2.33. The standard InChI is InChI=1S/C22H10O2S3/c23-19-14-7-11-3-1-2-4-12(11)8-15(14)20(24)16(19)9-13-10-18-22(26-13)21-17(27-18)5-6-25-21/h1-10H. The maximum Gasteiger partial charge on any atom is 0.197 e. The largest absolute Gasteiger partial charge is 0.288 e. The van der Waals surface area contributed by atoms with Gasteiger partial charge in [-0.2, -0.15) is 0 Å². The second kappa shape index (κ2) is 5.45. The predicted molar refractivity (Wildman–Crippen MR) is 116 cm³/mol. The summed E-state index contributed by atoms with van der Waals surface area (Å²) in [5, 5.41) is 4.06. The highest BCUT2D eigenvalue weighted by atomic mass is 32.1. The molecule has 6 rings (SSSR count). The van der Waals surface area contributed by atoms with Gasteiger partial charge in [-0.25, -0.2) is 0 Å². The Bertz CT molecular complexity index is 1400. The Morgan fingerprint density at radius 2 is 1.44 bits per heavy atom. The number of Topliss-reactive ketones (excluding diaryl/α,β-unsaturated/α-hetero) is 2. The molecule has 0 amide bonds. The van der Waals surface area contributed by atoms with E-state index in [1.54, 1.807) is 40.1 Å². The van der Waals surface area contributed by atoms with Gasteiger partial charge in [-0.15, -0.1) is 34.0 Å². The monoisotopic (exact) mass is 402 g/mol. The molecule has 0 N–H and O–H groups in total. The van der Waals surface area contributed by atoms with E-state index in [1.165, 1.54) is 18.8 Å². The van der Waals surface area contributed by atoms with Crippen LogP contribution in [0.4, 0.5) is 0 Å². The molecule has 0 unspecified atom stereocenters. The van der Waals surface area contributed by atoms with Gasteiger partial charge in [-0.1, -0.05) is 24.3 Å². The number of hydrogen-bond donors (Lipinski definition) is 0. The number of hydrogen-bond acceptors (Lipinski definition) is 5. The summed E-state index contributed by atoms with van der Waals surface area (Å²) in [5.41, 5.74) is 1.31. The van der Waals surface area contributed by atoms with Gasteiger partial charge in [-0.3, -0.25) is 9.59 Å². The van der Waals surface area contributed by atoms with Crippen LogP contribution in [0.3, 0.4) is 0 Å². The average Bonchev–Trinajstić information content (AvgIpc) is 3.39. The molecule has 2 nitrogen and oxygen atoms in total. The van der Waals surface area contributed by atoms with E-state index >= 15 is 0 Å². The van der Waals surface area contributed by atoms with Crippen LogP contribution in [0, 0.1) is 0 Å². The third-order valence-electron chi connectivity index (χ3n) is 4.92. The molecule has 2 aromatic carbocycles. The molecule has 0 spiro atoms. The van der Waals surface area contributed by atoms with Crippen molar-refractivity contribution in [3.63, 3.8) is 0 Å². The number of benzene rings is 2. The van der Waals surface area contributed by atoms with Gasteiger partial charge in [0.25, 0.3) is 0 Å². The van der Waals surface area contributed by atoms with Crippen molar-refractivity contribution >= 4 is 81.2 Å². The first kappa shape index (κ1) is 15.5. The van der Waals surface area contributed by atoms with Crippen LogP contribution in [0.15, 0.2) is 59.5 Å². The molecule has 5 aromatic rings. The maximum atomic E-state index is 12.9. The molecule has 0 aliphatic heterocycles. The van der Waals surface area contributed by atoms with Crippen molar-refractivity contribution in [2.75, 3.05) is 0 Å². The van der Waals surface area contributed by atoms with E-state index < -0.39 is 0 Å². The molecule has 1 aliphatic rings. The molecule has 128 valence electrons. The van der Waals surface area contributed by atoms with E-state index in [4.69, 9.17) is 0 Å². The van der Waals surface area contributed by atoms with E-state index in [9.17, 15) is 9.59 Å². The van der Waals surface area contributed by atoms with Gasteiger partial charge in [0.2, 0.25) is 0 Å². The number of fused-ring (bicyclic) bond motifs is 5. The van der Waals surface area contributed by atoms with Crippen LogP contribution in [0.2, 0.25) is 0 Å². The number of carbonyl (C=O) groups is 2. The highest BCUT2D eigenvalue weighted by Crippen LogP contribution is 2.43. The van der Waals surface area contributed by atoms with Crippen molar-refractivity contribution in [3.8, 4) is 0 Å². The molecule has 3 aromatic heterocycles. The van der Waals surface area contributed by atoms with Crippen molar-refractivity contribution < 1.29 is 9.59 Å². The third-order valence-corrected chi connectivity index (χ3v) is 8.44. The number of ketones is 2. The molecule has 5 heteroatoms. The number of rotatable bonds is 1. The minimum Gasteiger partial charge on any atom is -0.288 e. The molecule has 0 radical (unpaired) electrons. The summed E-state index contributed by atoms with van der Waals surface area (Å²) < 4.78 is 5.06. The van der Waals surface area contributed by atoms with Crippen molar-refractivity contribution in [1.82, 2.24) is 0 Å². The van der Waals surface area contributed by atoms with E-state index in [0.29, 0.717) is 11.1 Å². The molecular formula is C22H10O2S3. The van der Waals surface area contributed by atoms with Crippen molar-refractivity contribution in [1.29, 1.82) is 0 Å². The van der Waals surface area contributed by atoms with Gasteiger partial charge in [-0.05, 0) is 46.5 Å². The summed E-state index contributed by atoms with van der Waals surface area (Å²) in [6.07, 6.45) is 1.77. The Morgan fingerprint density at radius 3 is 2.15 bits per heavy atom. The molecule has 3 heterocycles. The average molecular weight is 403 g/mol. The zero-order valence-electron chi connectivity index (χ0n) is 13.8. The quantitative estimate of drug-likeness (QED) is 0.228. The van der Waals surface area contributed by atoms with Crippen LogP contribution in [-0.2, 0) is 0 Å². The molecule has 1 aliphatic carbocycles. The summed E-state index contributed by atoms with van der Waals surface area (Å²) in [6, 6.07) is 15.7. The number of carbonyl (C=O) groups excluding carboxylic acids is 2. The summed E-state index contributed by atoms with van der Waals surface area (Å²) in [5.74, 6) is -0.336. The van der Waals surface area contributed by atoms with Gasteiger partial charge in [0.05, 0.1) is 15.0 Å². The highest BCUT2D eigenvalue weighted by molar-refractivity contribution is 7.38. The van der Waals surface area contributed by atoms with Gasteiger partial charge in [0.15, 0.2) is 11.6 Å².